The summed E-state index contributed by atoms with van der Waals surface area (Å²) in [7, 11) is 3.20. The van der Waals surface area contributed by atoms with Gasteiger partial charge in [-0.1, -0.05) is 31.9 Å². The number of nitrogens with one attached hydrogen (secondary N) is 1. The van der Waals surface area contributed by atoms with Crippen molar-refractivity contribution in [1.82, 2.24) is 10.2 Å². The van der Waals surface area contributed by atoms with Crippen LogP contribution >= 0.6 is 0 Å². The van der Waals surface area contributed by atoms with Gasteiger partial charge < -0.3 is 24.6 Å². The molecule has 0 aliphatic heterocycles. The molecule has 44 heavy (non-hydrogen) atoms. The van der Waals surface area contributed by atoms with Gasteiger partial charge in [0, 0.05) is 64.7 Å². The molecule has 11 heteroatoms. The van der Waals surface area contributed by atoms with Gasteiger partial charge in [0.2, 0.25) is 11.8 Å². The van der Waals surface area contributed by atoms with Gasteiger partial charge in [-0.25, -0.2) is 4.79 Å². The smallest absolute Gasteiger partial charge is 0.407 e. The second kappa shape index (κ2) is 19.6. The first-order valence-electron chi connectivity index (χ1n) is 15.6. The third-order valence-electron chi connectivity index (χ3n) is 8.01. The lowest BCUT2D eigenvalue weighted by Crippen LogP contribution is -2.36. The van der Waals surface area contributed by atoms with Crippen molar-refractivity contribution in [3.8, 4) is 0 Å². The Morgan fingerprint density at radius 2 is 1.68 bits per heavy atom. The zero-order valence-corrected chi connectivity index (χ0v) is 26.7. The van der Waals surface area contributed by atoms with Gasteiger partial charge in [-0.2, -0.15) is 0 Å². The summed E-state index contributed by atoms with van der Waals surface area (Å²) >= 11 is 0. The molecule has 244 valence electrons. The van der Waals surface area contributed by atoms with E-state index in [0.717, 1.165) is 37.7 Å². The molecule has 1 aliphatic carbocycles. The number of anilines is 1. The summed E-state index contributed by atoms with van der Waals surface area (Å²) in [5.74, 6) is -0.982. The number of hydrogen-bond donors (Lipinski definition) is 1. The molecular formula is C33H49N3O8. The maximum atomic E-state index is 12.7. The second-order valence-electron chi connectivity index (χ2n) is 11.6. The zero-order valence-electron chi connectivity index (χ0n) is 26.7. The van der Waals surface area contributed by atoms with E-state index in [1.165, 1.54) is 9.80 Å². The van der Waals surface area contributed by atoms with Crippen molar-refractivity contribution in [2.75, 3.05) is 51.9 Å². The highest BCUT2D eigenvalue weighted by atomic mass is 16.5. The SMILES string of the molecule is CC(=O)C(C)CCCCNC(=O)OCCCOCCN(C)C(=O)CC(=O)N(C)c1ccc(CC(=O)C2CCCCC2=O)cc1. The number of unbranched alkanes of at least 4 members (excludes halogenated alkanes) is 1. The summed E-state index contributed by atoms with van der Waals surface area (Å²) in [4.78, 5) is 75.7. The number of benzene rings is 1. The van der Waals surface area contributed by atoms with Gasteiger partial charge in [-0.05, 0) is 50.3 Å². The quantitative estimate of drug-likeness (QED) is 0.183. The van der Waals surface area contributed by atoms with Crippen molar-refractivity contribution >= 4 is 40.9 Å². The van der Waals surface area contributed by atoms with Crippen LogP contribution in [0.3, 0.4) is 0 Å². The van der Waals surface area contributed by atoms with Gasteiger partial charge in [-0.3, -0.25) is 24.0 Å². The molecule has 1 aliphatic rings. The molecule has 3 amide bonds. The Kier molecular flexibility index (Phi) is 16.3. The Labute approximate surface area is 261 Å². The Bertz CT molecular complexity index is 1120. The molecule has 1 aromatic rings. The van der Waals surface area contributed by atoms with Gasteiger partial charge in [0.15, 0.2) is 0 Å². The summed E-state index contributed by atoms with van der Waals surface area (Å²) in [6.07, 6.45) is 5.23. The molecule has 0 spiro atoms. The van der Waals surface area contributed by atoms with E-state index in [9.17, 15) is 28.8 Å². The summed E-state index contributed by atoms with van der Waals surface area (Å²) < 4.78 is 10.6. The fourth-order valence-corrected chi connectivity index (χ4v) is 4.79. The number of alkyl carbamates (subject to hydrolysis) is 1. The van der Waals surface area contributed by atoms with Crippen LogP contribution < -0.4 is 10.2 Å². The first-order valence-corrected chi connectivity index (χ1v) is 15.6. The normalized spacial score (nSPS) is 15.3. The molecule has 1 aromatic carbocycles. The van der Waals surface area contributed by atoms with Crippen LogP contribution in [0.15, 0.2) is 24.3 Å². The third kappa shape index (κ3) is 13.4. The Morgan fingerprint density at radius 1 is 0.955 bits per heavy atom. The first kappa shape index (κ1) is 36.6. The van der Waals surface area contributed by atoms with E-state index in [0.29, 0.717) is 44.6 Å². The fraction of sp³-hybridized carbons (Fsp3) is 0.636. The number of amides is 3. The van der Waals surface area contributed by atoms with Gasteiger partial charge in [-0.15, -0.1) is 0 Å². The highest BCUT2D eigenvalue weighted by Gasteiger charge is 2.28. The summed E-state index contributed by atoms with van der Waals surface area (Å²) in [6.45, 7) is 5.15. The highest BCUT2D eigenvalue weighted by molar-refractivity contribution is 6.05. The highest BCUT2D eigenvalue weighted by Crippen LogP contribution is 2.23. The van der Waals surface area contributed by atoms with E-state index >= 15 is 0 Å². The molecule has 2 rings (SSSR count). The van der Waals surface area contributed by atoms with Crippen LogP contribution in [0.1, 0.15) is 77.2 Å². The fourth-order valence-electron chi connectivity index (χ4n) is 4.79. The lowest BCUT2D eigenvalue weighted by molar-refractivity contribution is -0.135. The number of Topliss-reactive ketones (excluding diaryl/α,β-unsaturated/α-hetero) is 3. The average Bonchev–Trinajstić information content (AvgIpc) is 3.00. The minimum Gasteiger partial charge on any atom is -0.449 e. The average molecular weight is 616 g/mol. The maximum absolute atomic E-state index is 12.7. The molecule has 2 unspecified atom stereocenters. The summed E-state index contributed by atoms with van der Waals surface area (Å²) in [5.41, 5.74) is 1.39. The van der Waals surface area contributed by atoms with Crippen LogP contribution in [-0.2, 0) is 39.9 Å². The molecule has 1 saturated carbocycles. The predicted molar refractivity (Wildman–Crippen MR) is 166 cm³/mol. The van der Waals surface area contributed by atoms with Crippen molar-refractivity contribution in [3.63, 3.8) is 0 Å². The van der Waals surface area contributed by atoms with Crippen LogP contribution in [0.25, 0.3) is 0 Å². The van der Waals surface area contributed by atoms with E-state index in [-0.39, 0.29) is 61.1 Å². The first-order chi connectivity index (χ1) is 21.0. The number of hydrogen-bond acceptors (Lipinski definition) is 8. The number of ether oxygens (including phenoxy) is 2. The molecule has 2 atom stereocenters. The number of likely N-dealkylation sites (N-methyl/N-ethyl adjacent to an activating group) is 1. The van der Waals surface area contributed by atoms with E-state index in [2.05, 4.69) is 5.32 Å². The van der Waals surface area contributed by atoms with E-state index in [1.54, 1.807) is 45.3 Å². The Balaban J connectivity index is 1.57. The molecule has 1 N–H and O–H groups in total. The third-order valence-corrected chi connectivity index (χ3v) is 8.01. The number of nitrogens with zero attached hydrogens (tertiary/aromatic N) is 2. The predicted octanol–water partition coefficient (Wildman–Crippen LogP) is 3.90. The lowest BCUT2D eigenvalue weighted by Gasteiger charge is -2.21. The van der Waals surface area contributed by atoms with Gasteiger partial charge >= 0.3 is 6.09 Å². The van der Waals surface area contributed by atoms with Crippen LogP contribution in [0.5, 0.6) is 0 Å². The largest absolute Gasteiger partial charge is 0.449 e. The summed E-state index contributed by atoms with van der Waals surface area (Å²) in [5, 5.41) is 2.69. The molecule has 1 fully saturated rings. The Morgan fingerprint density at radius 3 is 2.36 bits per heavy atom. The number of rotatable bonds is 19. The molecule has 0 heterocycles. The number of ketones is 3. The van der Waals surface area contributed by atoms with Gasteiger partial charge in [0.1, 0.15) is 23.8 Å². The molecule has 0 radical (unpaired) electrons. The van der Waals surface area contributed by atoms with E-state index < -0.39 is 12.0 Å². The van der Waals surface area contributed by atoms with Crippen LogP contribution in [-0.4, -0.2) is 87.2 Å². The maximum Gasteiger partial charge on any atom is 0.407 e. The van der Waals surface area contributed by atoms with Crippen molar-refractivity contribution in [2.45, 2.75) is 78.1 Å². The topological polar surface area (TPSA) is 139 Å². The minimum atomic E-state index is -0.496. The van der Waals surface area contributed by atoms with Crippen LogP contribution in [0.4, 0.5) is 10.5 Å². The Hall–Kier alpha value is -3.60. The van der Waals surface area contributed by atoms with E-state index in [4.69, 9.17) is 9.47 Å². The van der Waals surface area contributed by atoms with E-state index in [1.807, 2.05) is 6.92 Å². The van der Waals surface area contributed by atoms with Crippen LogP contribution in [0.2, 0.25) is 0 Å². The van der Waals surface area contributed by atoms with Crippen molar-refractivity contribution < 1.29 is 38.2 Å². The van der Waals surface area contributed by atoms with Crippen LogP contribution in [0, 0.1) is 11.8 Å². The zero-order chi connectivity index (χ0) is 32.5. The molecule has 0 bridgehead atoms. The van der Waals surface area contributed by atoms with Gasteiger partial charge in [0.25, 0.3) is 0 Å². The van der Waals surface area contributed by atoms with Crippen molar-refractivity contribution in [2.24, 2.45) is 11.8 Å². The number of carbonyl (C=O) groups is 6. The standard InChI is InChI=1S/C33H49N3O8/c1-24(25(2)37)10-7-8-17-34-33(42)44-20-9-19-43-21-18-35(3)31(40)23-32(41)36(4)27-15-13-26(14-16-27)22-30(39)28-11-5-6-12-29(28)38/h13-16,24,28H,5-12,17-23H2,1-4H3,(H,34,42). The van der Waals surface area contributed by atoms with Gasteiger partial charge in [0.05, 0.1) is 19.1 Å². The lowest BCUT2D eigenvalue weighted by atomic mass is 9.83. The van der Waals surface area contributed by atoms with Crippen molar-refractivity contribution in [3.05, 3.63) is 29.8 Å². The molecule has 0 saturated heterocycles. The number of carbonyl (C=O) groups excluding carboxylic acids is 6. The second-order valence-corrected chi connectivity index (χ2v) is 11.6. The molecule has 0 aromatic heterocycles. The summed E-state index contributed by atoms with van der Waals surface area (Å²) in [6, 6.07) is 7.01. The molecular weight excluding hydrogens is 566 g/mol. The minimum absolute atomic E-state index is 0.0384. The monoisotopic (exact) mass is 615 g/mol. The molecule has 11 nitrogen and oxygen atoms in total. The van der Waals surface area contributed by atoms with Crippen molar-refractivity contribution in [1.29, 1.82) is 0 Å².